The van der Waals surface area contributed by atoms with Gasteiger partial charge in [0.05, 0.1) is 31.4 Å². The maximum atomic E-state index is 13.0. The number of methoxy groups -OCH3 is 2. The highest BCUT2D eigenvalue weighted by atomic mass is 16.7. The predicted molar refractivity (Wildman–Crippen MR) is 105 cm³/mol. The number of nitrogens with zero attached hydrogens (tertiary/aromatic N) is 1. The number of Topliss-reactive ketones (excluding diaryl/α,β-unsaturated/α-hetero) is 1. The van der Waals surface area contributed by atoms with Gasteiger partial charge in [-0.05, 0) is 12.1 Å². The minimum atomic E-state index is -0.0628. The van der Waals surface area contributed by atoms with Gasteiger partial charge in [-0.3, -0.25) is 4.79 Å². The topological polar surface area (TPSA) is 93.0 Å². The van der Waals surface area contributed by atoms with E-state index in [0.717, 1.165) is 4.73 Å². The molecule has 1 aliphatic heterocycles. The maximum absolute atomic E-state index is 13.0. The summed E-state index contributed by atoms with van der Waals surface area (Å²) >= 11 is 0. The van der Waals surface area contributed by atoms with Crippen LogP contribution in [0.5, 0.6) is 23.0 Å². The summed E-state index contributed by atoms with van der Waals surface area (Å²) in [5, 5.41) is 16.9. The van der Waals surface area contributed by atoms with E-state index >= 15 is 0 Å². The Labute approximate surface area is 166 Å². The minimum Gasteiger partial charge on any atom is -0.618 e. The van der Waals surface area contributed by atoms with Crippen molar-refractivity contribution in [3.05, 3.63) is 46.8 Å². The molecule has 2 heterocycles. The average molecular weight is 394 g/mol. The number of carbonyl (C=O) groups excluding carboxylic acids is 1. The Balaban J connectivity index is 1.73. The highest BCUT2D eigenvalue weighted by Crippen LogP contribution is 2.42. The highest BCUT2D eigenvalue weighted by Gasteiger charge is 2.34. The lowest BCUT2D eigenvalue weighted by Crippen LogP contribution is -2.33. The lowest BCUT2D eigenvalue weighted by molar-refractivity contribution is -0.585. The van der Waals surface area contributed by atoms with Crippen LogP contribution in [0.15, 0.2) is 30.3 Å². The van der Waals surface area contributed by atoms with E-state index in [2.05, 4.69) is 5.32 Å². The summed E-state index contributed by atoms with van der Waals surface area (Å²) < 4.78 is 22.4. The van der Waals surface area contributed by atoms with Gasteiger partial charge in [0, 0.05) is 30.7 Å². The van der Waals surface area contributed by atoms with Crippen LogP contribution in [0.3, 0.4) is 0 Å². The van der Waals surface area contributed by atoms with Gasteiger partial charge < -0.3 is 29.5 Å². The molecule has 0 fully saturated rings. The first kappa shape index (κ1) is 17.4. The third kappa shape index (κ3) is 2.60. The van der Waals surface area contributed by atoms with E-state index in [9.17, 15) is 10.0 Å². The van der Waals surface area contributed by atoms with E-state index in [4.69, 9.17) is 18.9 Å². The molecular formula is C21H18N2O6. The Hall–Kier alpha value is -3.68. The van der Waals surface area contributed by atoms with E-state index in [1.165, 1.54) is 0 Å². The molecule has 1 aliphatic carbocycles. The van der Waals surface area contributed by atoms with Crippen LogP contribution in [0.25, 0.3) is 10.9 Å². The van der Waals surface area contributed by atoms with Crippen molar-refractivity contribution in [2.24, 2.45) is 0 Å². The number of hydrogen-bond donors (Lipinski definition) is 1. The van der Waals surface area contributed by atoms with Crippen LogP contribution in [0.4, 0.5) is 11.4 Å². The van der Waals surface area contributed by atoms with Crippen molar-refractivity contribution in [1.29, 1.82) is 0 Å². The molecule has 2 aliphatic rings. The zero-order chi connectivity index (χ0) is 20.1. The van der Waals surface area contributed by atoms with Gasteiger partial charge in [-0.2, -0.15) is 4.73 Å². The fourth-order valence-corrected chi connectivity index (χ4v) is 3.90. The monoisotopic (exact) mass is 394 g/mol. The molecule has 0 saturated carbocycles. The number of ether oxygens (including phenoxy) is 4. The number of carbonyl (C=O) groups is 1. The minimum absolute atomic E-state index is 0.0628. The first-order chi connectivity index (χ1) is 14.1. The first-order valence-electron chi connectivity index (χ1n) is 9.14. The molecule has 3 aromatic rings. The number of benzene rings is 2. The number of anilines is 2. The number of nitrogens with one attached hydrogen (secondary N) is 1. The molecule has 5 rings (SSSR count). The van der Waals surface area contributed by atoms with E-state index in [1.54, 1.807) is 38.5 Å². The van der Waals surface area contributed by atoms with Crippen LogP contribution >= 0.6 is 0 Å². The second-order valence-electron chi connectivity index (χ2n) is 6.83. The number of pyridine rings is 1. The number of aromatic nitrogens is 1. The largest absolute Gasteiger partial charge is 0.618 e. The molecule has 1 N–H and O–H groups in total. The fraction of sp³-hybridized carbons (Fsp3) is 0.238. The third-order valence-corrected chi connectivity index (χ3v) is 5.28. The van der Waals surface area contributed by atoms with E-state index < -0.39 is 0 Å². The molecule has 0 saturated heterocycles. The number of rotatable bonds is 4. The van der Waals surface area contributed by atoms with Crippen molar-refractivity contribution in [2.75, 3.05) is 26.3 Å². The van der Waals surface area contributed by atoms with E-state index in [1.807, 2.05) is 6.07 Å². The second-order valence-corrected chi connectivity index (χ2v) is 6.83. The van der Waals surface area contributed by atoms with Crippen molar-refractivity contribution in [2.45, 2.75) is 12.8 Å². The smallest absolute Gasteiger partial charge is 0.231 e. The number of hydrogen-bond acceptors (Lipinski definition) is 7. The number of fused-ring (bicyclic) bond motifs is 3. The zero-order valence-electron chi connectivity index (χ0n) is 15.9. The predicted octanol–water partition coefficient (Wildman–Crippen LogP) is 3.09. The van der Waals surface area contributed by atoms with Gasteiger partial charge in [-0.15, -0.1) is 0 Å². The summed E-state index contributed by atoms with van der Waals surface area (Å²) in [5.41, 5.74) is 2.58. The normalized spacial score (nSPS) is 14.2. The summed E-state index contributed by atoms with van der Waals surface area (Å²) in [5.74, 6) is 2.14. The molecule has 29 heavy (non-hydrogen) atoms. The Bertz CT molecular complexity index is 1170. The van der Waals surface area contributed by atoms with Gasteiger partial charge in [-0.1, -0.05) is 0 Å². The van der Waals surface area contributed by atoms with Gasteiger partial charge in [0.2, 0.25) is 18.0 Å². The third-order valence-electron chi connectivity index (χ3n) is 5.28. The molecule has 0 bridgehead atoms. The Morgan fingerprint density at radius 2 is 1.79 bits per heavy atom. The second kappa shape index (κ2) is 6.44. The van der Waals surface area contributed by atoms with Gasteiger partial charge in [0.1, 0.15) is 5.56 Å². The number of ketones is 1. The first-order valence-corrected chi connectivity index (χ1v) is 9.14. The Morgan fingerprint density at radius 1 is 1.03 bits per heavy atom. The van der Waals surface area contributed by atoms with Crippen molar-refractivity contribution in [1.82, 2.24) is 0 Å². The van der Waals surface area contributed by atoms with Gasteiger partial charge in [0.15, 0.2) is 28.8 Å². The quantitative estimate of drug-likeness (QED) is 0.537. The molecule has 0 amide bonds. The zero-order valence-corrected chi connectivity index (χ0v) is 15.9. The molecule has 1 aromatic heterocycles. The van der Waals surface area contributed by atoms with Crippen molar-refractivity contribution in [3.63, 3.8) is 0 Å². The highest BCUT2D eigenvalue weighted by molar-refractivity contribution is 6.11. The van der Waals surface area contributed by atoms with Crippen molar-refractivity contribution >= 4 is 28.1 Å². The van der Waals surface area contributed by atoms with Crippen LogP contribution in [0.2, 0.25) is 0 Å². The van der Waals surface area contributed by atoms with Crippen LogP contribution in [0.1, 0.15) is 22.5 Å². The lowest BCUT2D eigenvalue weighted by Gasteiger charge is -2.16. The fourth-order valence-electron chi connectivity index (χ4n) is 3.90. The molecule has 0 spiro atoms. The Kier molecular flexibility index (Phi) is 3.87. The summed E-state index contributed by atoms with van der Waals surface area (Å²) in [7, 11) is 3.12. The summed E-state index contributed by atoms with van der Waals surface area (Å²) in [4.78, 5) is 12.6. The van der Waals surface area contributed by atoms with E-state index in [0.29, 0.717) is 69.4 Å². The SMILES string of the molecule is COc1ccc(Nc2c3c([n+]([O-])c4cc5c(cc24)OCO5)CCC3=O)cc1OC. The van der Waals surface area contributed by atoms with Gasteiger partial charge >= 0.3 is 0 Å². The molecule has 8 nitrogen and oxygen atoms in total. The molecular weight excluding hydrogens is 376 g/mol. The summed E-state index contributed by atoms with van der Waals surface area (Å²) in [6, 6.07) is 8.78. The van der Waals surface area contributed by atoms with Crippen molar-refractivity contribution < 1.29 is 28.5 Å². The summed E-state index contributed by atoms with van der Waals surface area (Å²) in [6.07, 6.45) is 0.712. The van der Waals surface area contributed by atoms with E-state index in [-0.39, 0.29) is 12.6 Å². The molecule has 0 unspecified atom stereocenters. The van der Waals surface area contributed by atoms with Crippen LogP contribution in [0, 0.1) is 5.21 Å². The molecule has 8 heteroatoms. The van der Waals surface area contributed by atoms with Crippen LogP contribution in [-0.4, -0.2) is 26.8 Å². The molecule has 148 valence electrons. The molecule has 0 atom stereocenters. The van der Waals surface area contributed by atoms with Crippen molar-refractivity contribution in [3.8, 4) is 23.0 Å². The summed E-state index contributed by atoms with van der Waals surface area (Å²) in [6.45, 7) is 0.0988. The average Bonchev–Trinajstić information content (AvgIpc) is 3.36. The molecule has 0 radical (unpaired) electrons. The van der Waals surface area contributed by atoms with Gasteiger partial charge in [0.25, 0.3) is 0 Å². The van der Waals surface area contributed by atoms with Crippen LogP contribution < -0.4 is 29.0 Å². The maximum Gasteiger partial charge on any atom is 0.231 e. The lowest BCUT2D eigenvalue weighted by atomic mass is 10.0. The van der Waals surface area contributed by atoms with Crippen LogP contribution in [-0.2, 0) is 6.42 Å². The molecule has 2 aromatic carbocycles. The van der Waals surface area contributed by atoms with Gasteiger partial charge in [-0.25, -0.2) is 0 Å². The Morgan fingerprint density at radius 3 is 2.55 bits per heavy atom. The standard InChI is InChI=1S/C21H18N2O6/c1-26-16-6-3-11(7-17(16)27-2)22-21-12-8-18-19(29-10-28-18)9-14(12)23(25)13-4-5-15(24)20(13)21/h3,6-9,22H,4-5,10H2,1-2H3.